The van der Waals surface area contributed by atoms with E-state index in [0.29, 0.717) is 16.3 Å². The Bertz CT molecular complexity index is 1080. The zero-order valence-electron chi connectivity index (χ0n) is 14.6. The number of aromatic nitrogens is 1. The van der Waals surface area contributed by atoms with Gasteiger partial charge in [-0.2, -0.15) is 5.26 Å². The lowest BCUT2D eigenvalue weighted by Gasteiger charge is -2.09. The van der Waals surface area contributed by atoms with Crippen LogP contribution in [0.2, 0.25) is 5.02 Å². The maximum atomic E-state index is 12.4. The van der Waals surface area contributed by atoms with Crippen molar-refractivity contribution in [1.82, 2.24) is 10.3 Å². The Balaban J connectivity index is 1.71. The van der Waals surface area contributed by atoms with E-state index in [1.54, 1.807) is 36.4 Å². The number of anilines is 1. The summed E-state index contributed by atoms with van der Waals surface area (Å²) in [4.78, 5) is 28.9. The predicted octanol–water partition coefficient (Wildman–Crippen LogP) is 3.79. The molecule has 0 radical (unpaired) electrons. The van der Waals surface area contributed by atoms with Crippen LogP contribution in [0.5, 0.6) is 0 Å². The molecule has 0 unspecified atom stereocenters. The lowest BCUT2D eigenvalue weighted by atomic mass is 10.2. The highest BCUT2D eigenvalue weighted by Gasteiger charge is 2.14. The number of carbonyl (C=O) groups excluding carboxylic acids is 2. The van der Waals surface area contributed by atoms with Crippen molar-refractivity contribution in [2.24, 2.45) is 0 Å². The molecule has 0 saturated carbocycles. The summed E-state index contributed by atoms with van der Waals surface area (Å²) in [6, 6.07) is 20.4. The molecule has 0 bridgehead atoms. The largest absolute Gasteiger partial charge is 0.347 e. The molecule has 28 heavy (non-hydrogen) atoms. The van der Waals surface area contributed by atoms with Gasteiger partial charge in [-0.15, -0.1) is 0 Å². The van der Waals surface area contributed by atoms with Gasteiger partial charge in [0.2, 0.25) is 0 Å². The van der Waals surface area contributed by atoms with Crippen molar-refractivity contribution in [2.45, 2.75) is 6.54 Å². The molecule has 0 fully saturated rings. The molecule has 3 aromatic rings. The maximum absolute atomic E-state index is 12.4. The van der Waals surface area contributed by atoms with Crippen molar-refractivity contribution in [3.8, 4) is 6.07 Å². The average Bonchev–Trinajstić information content (AvgIpc) is 2.73. The first-order valence-corrected chi connectivity index (χ1v) is 8.75. The summed E-state index contributed by atoms with van der Waals surface area (Å²) in [6.45, 7) is 0.242. The molecule has 7 heteroatoms. The van der Waals surface area contributed by atoms with E-state index < -0.39 is 11.8 Å². The number of nitrogens with zero attached hydrogens (tertiary/aromatic N) is 2. The van der Waals surface area contributed by atoms with Gasteiger partial charge in [-0.3, -0.25) is 9.59 Å². The van der Waals surface area contributed by atoms with Gasteiger partial charge in [-0.25, -0.2) is 4.98 Å². The smallest absolute Gasteiger partial charge is 0.274 e. The zero-order chi connectivity index (χ0) is 19.9. The number of nitrogens with one attached hydrogen (secondary N) is 2. The van der Waals surface area contributed by atoms with Crippen LogP contribution in [0.25, 0.3) is 0 Å². The number of hydrogen-bond acceptors (Lipinski definition) is 4. The number of pyridine rings is 1. The monoisotopic (exact) mass is 390 g/mol. The minimum Gasteiger partial charge on any atom is -0.347 e. The summed E-state index contributed by atoms with van der Waals surface area (Å²) in [6.07, 6.45) is 0. The minimum atomic E-state index is -0.511. The Kier molecular flexibility index (Phi) is 6.00. The van der Waals surface area contributed by atoms with Crippen molar-refractivity contribution in [2.75, 3.05) is 5.32 Å². The lowest BCUT2D eigenvalue weighted by molar-refractivity contribution is 0.0945. The predicted molar refractivity (Wildman–Crippen MR) is 106 cm³/mol. The van der Waals surface area contributed by atoms with Gasteiger partial charge in [0, 0.05) is 11.6 Å². The Morgan fingerprint density at radius 1 is 0.929 bits per heavy atom. The second kappa shape index (κ2) is 8.80. The second-order valence-electron chi connectivity index (χ2n) is 5.79. The van der Waals surface area contributed by atoms with E-state index >= 15 is 0 Å². The fourth-order valence-corrected chi connectivity index (χ4v) is 2.67. The molecule has 2 amide bonds. The van der Waals surface area contributed by atoms with E-state index in [-0.39, 0.29) is 17.9 Å². The number of nitriles is 1. The molecule has 1 heterocycles. The first kappa shape index (κ1) is 19.1. The van der Waals surface area contributed by atoms with Crippen molar-refractivity contribution in [3.63, 3.8) is 0 Å². The van der Waals surface area contributed by atoms with Crippen LogP contribution in [0.3, 0.4) is 0 Å². The second-order valence-corrected chi connectivity index (χ2v) is 6.20. The number of amides is 2. The van der Waals surface area contributed by atoms with Gasteiger partial charge in [0.05, 0.1) is 11.3 Å². The molecule has 2 aromatic carbocycles. The SMILES string of the molecule is N#Cc1ccccc1NC(=O)c1cccc(C(=O)NCc2ccccc2Cl)n1. The average molecular weight is 391 g/mol. The van der Waals surface area contributed by atoms with Crippen molar-refractivity contribution >= 4 is 29.1 Å². The zero-order valence-corrected chi connectivity index (χ0v) is 15.4. The lowest BCUT2D eigenvalue weighted by Crippen LogP contribution is -2.25. The fraction of sp³-hybridized carbons (Fsp3) is 0.0476. The van der Waals surface area contributed by atoms with Crippen molar-refractivity contribution < 1.29 is 9.59 Å². The molecule has 138 valence electrons. The normalized spacial score (nSPS) is 10.0. The van der Waals surface area contributed by atoms with Crippen molar-refractivity contribution in [1.29, 1.82) is 5.26 Å². The van der Waals surface area contributed by atoms with Gasteiger partial charge in [-0.05, 0) is 35.9 Å². The van der Waals surface area contributed by atoms with Crippen LogP contribution < -0.4 is 10.6 Å². The van der Waals surface area contributed by atoms with Crippen LogP contribution in [0.15, 0.2) is 66.7 Å². The molecule has 0 atom stereocenters. The molecule has 1 aromatic heterocycles. The van der Waals surface area contributed by atoms with Gasteiger partial charge < -0.3 is 10.6 Å². The van der Waals surface area contributed by atoms with Gasteiger partial charge >= 0.3 is 0 Å². The van der Waals surface area contributed by atoms with E-state index in [9.17, 15) is 9.59 Å². The number of rotatable bonds is 5. The molecular formula is C21H15ClN4O2. The van der Waals surface area contributed by atoms with E-state index in [4.69, 9.17) is 16.9 Å². The van der Waals surface area contributed by atoms with Crippen molar-refractivity contribution in [3.05, 3.63) is 94.3 Å². The number of carbonyl (C=O) groups is 2. The summed E-state index contributed by atoms with van der Waals surface area (Å²) in [5.41, 5.74) is 1.67. The van der Waals surface area contributed by atoms with E-state index in [1.165, 1.54) is 12.1 Å². The first-order valence-electron chi connectivity index (χ1n) is 8.37. The molecule has 0 spiro atoms. The number of halogens is 1. The van der Waals surface area contributed by atoms with Crippen LogP contribution in [-0.4, -0.2) is 16.8 Å². The summed E-state index contributed by atoms with van der Waals surface area (Å²) >= 11 is 6.08. The Labute approximate surface area is 166 Å². The molecule has 3 rings (SSSR count). The Morgan fingerprint density at radius 3 is 2.36 bits per heavy atom. The molecular weight excluding hydrogens is 376 g/mol. The molecule has 6 nitrogen and oxygen atoms in total. The summed E-state index contributed by atoms with van der Waals surface area (Å²) < 4.78 is 0. The topological polar surface area (TPSA) is 94.9 Å². The molecule has 0 aliphatic rings. The van der Waals surface area contributed by atoms with Crippen LogP contribution >= 0.6 is 11.6 Å². The van der Waals surface area contributed by atoms with Gasteiger partial charge in [0.15, 0.2) is 0 Å². The third kappa shape index (κ3) is 4.53. The fourth-order valence-electron chi connectivity index (χ4n) is 2.47. The van der Waals surface area contributed by atoms with E-state index in [2.05, 4.69) is 15.6 Å². The Hall–Kier alpha value is -3.69. The van der Waals surface area contributed by atoms with Crippen LogP contribution in [-0.2, 0) is 6.54 Å². The summed E-state index contributed by atoms with van der Waals surface area (Å²) in [7, 11) is 0. The van der Waals surface area contributed by atoms with Crippen LogP contribution in [0.1, 0.15) is 32.1 Å². The third-order valence-corrected chi connectivity index (χ3v) is 4.28. The highest BCUT2D eigenvalue weighted by molar-refractivity contribution is 6.31. The van der Waals surface area contributed by atoms with Gasteiger partial charge in [0.25, 0.3) is 11.8 Å². The number of benzene rings is 2. The number of para-hydroxylation sites is 1. The van der Waals surface area contributed by atoms with E-state index in [0.717, 1.165) is 5.56 Å². The maximum Gasteiger partial charge on any atom is 0.274 e. The van der Waals surface area contributed by atoms with Crippen LogP contribution in [0.4, 0.5) is 5.69 Å². The summed E-state index contributed by atoms with van der Waals surface area (Å²) in [5, 5.41) is 15.0. The summed E-state index contributed by atoms with van der Waals surface area (Å²) in [5.74, 6) is -0.935. The molecule has 0 saturated heterocycles. The Morgan fingerprint density at radius 2 is 1.61 bits per heavy atom. The molecule has 2 N–H and O–H groups in total. The number of hydrogen-bond donors (Lipinski definition) is 2. The quantitative estimate of drug-likeness (QED) is 0.692. The standard InChI is InChI=1S/C21H15ClN4O2/c22-16-8-3-1-7-15(16)13-24-20(27)18-10-5-11-19(25-18)21(28)26-17-9-4-2-6-14(17)12-23/h1-11H,13H2,(H,24,27)(H,26,28). The third-order valence-electron chi connectivity index (χ3n) is 3.91. The molecule has 0 aliphatic carbocycles. The first-order chi connectivity index (χ1) is 13.6. The molecule has 0 aliphatic heterocycles. The highest BCUT2D eigenvalue weighted by atomic mass is 35.5. The van der Waals surface area contributed by atoms with E-state index in [1.807, 2.05) is 24.3 Å². The highest BCUT2D eigenvalue weighted by Crippen LogP contribution is 2.16. The minimum absolute atomic E-state index is 0.0677. The van der Waals surface area contributed by atoms with Gasteiger partial charge in [0.1, 0.15) is 17.5 Å². The van der Waals surface area contributed by atoms with Gasteiger partial charge in [-0.1, -0.05) is 48.0 Å². The van der Waals surface area contributed by atoms with Crippen LogP contribution in [0, 0.1) is 11.3 Å².